The van der Waals surface area contributed by atoms with Crippen molar-refractivity contribution in [3.63, 3.8) is 0 Å². The quantitative estimate of drug-likeness (QED) is 0.481. The van der Waals surface area contributed by atoms with Gasteiger partial charge in [0.15, 0.2) is 0 Å². The number of nitrogens with one attached hydrogen (secondary N) is 1. The van der Waals surface area contributed by atoms with E-state index in [9.17, 15) is 4.79 Å². The molecule has 5 heteroatoms. The van der Waals surface area contributed by atoms with Crippen molar-refractivity contribution in [1.82, 2.24) is 14.7 Å². The first-order valence-corrected chi connectivity index (χ1v) is 10.0. The molecule has 0 fully saturated rings. The van der Waals surface area contributed by atoms with E-state index >= 15 is 0 Å². The summed E-state index contributed by atoms with van der Waals surface area (Å²) in [4.78, 5) is 17.4. The maximum absolute atomic E-state index is 12.9. The first-order valence-electron chi connectivity index (χ1n) is 9.66. The van der Waals surface area contributed by atoms with Crippen LogP contribution in [0, 0.1) is 6.92 Å². The Morgan fingerprint density at radius 3 is 2.34 bits per heavy atom. The Labute approximate surface area is 175 Å². The highest BCUT2D eigenvalue weighted by molar-refractivity contribution is 6.30. The fraction of sp³-hybridized carbons (Fsp3) is 0.167. The molecule has 2 heterocycles. The summed E-state index contributed by atoms with van der Waals surface area (Å²) >= 11 is 6.06. The van der Waals surface area contributed by atoms with E-state index in [0.29, 0.717) is 29.3 Å². The molecule has 0 aliphatic rings. The lowest BCUT2D eigenvalue weighted by Crippen LogP contribution is -2.25. The first kappa shape index (κ1) is 19.2. The normalized spacial score (nSPS) is 11.0. The minimum absolute atomic E-state index is 0.140. The number of carbonyl (C=O) groups excluding carboxylic acids is 1. The van der Waals surface area contributed by atoms with Crippen molar-refractivity contribution < 1.29 is 4.79 Å². The van der Waals surface area contributed by atoms with Crippen LogP contribution in [0.4, 0.5) is 0 Å². The molecule has 1 amide bonds. The molecule has 0 aliphatic carbocycles. The van der Waals surface area contributed by atoms with Gasteiger partial charge < -0.3 is 5.32 Å². The smallest absolute Gasteiger partial charge is 0.270 e. The molecule has 0 saturated heterocycles. The summed E-state index contributed by atoms with van der Waals surface area (Å²) in [5.74, 6) is -0.140. The number of benzene rings is 2. The van der Waals surface area contributed by atoms with E-state index in [0.717, 1.165) is 16.8 Å². The van der Waals surface area contributed by atoms with Crippen molar-refractivity contribution >= 4 is 23.2 Å². The van der Waals surface area contributed by atoms with Gasteiger partial charge >= 0.3 is 0 Å². The van der Waals surface area contributed by atoms with Gasteiger partial charge in [0.1, 0.15) is 11.3 Å². The average Bonchev–Trinajstić information content (AvgIpc) is 3.10. The van der Waals surface area contributed by atoms with Crippen molar-refractivity contribution in [1.29, 1.82) is 0 Å². The lowest BCUT2D eigenvalue weighted by molar-refractivity contribution is 0.0944. The Kier molecular flexibility index (Phi) is 5.36. The van der Waals surface area contributed by atoms with E-state index in [1.807, 2.05) is 19.1 Å². The van der Waals surface area contributed by atoms with Gasteiger partial charge in [0, 0.05) is 23.8 Å². The van der Waals surface area contributed by atoms with E-state index in [1.54, 1.807) is 22.7 Å². The molecule has 4 nitrogen and oxygen atoms in total. The van der Waals surface area contributed by atoms with Crippen LogP contribution in [0.25, 0.3) is 16.8 Å². The van der Waals surface area contributed by atoms with Crippen LogP contribution in [0.2, 0.25) is 5.02 Å². The summed E-state index contributed by atoms with van der Waals surface area (Å²) in [6.45, 7) is 4.53. The second kappa shape index (κ2) is 8.10. The van der Waals surface area contributed by atoms with Crippen LogP contribution in [0.15, 0.2) is 66.9 Å². The number of imidazole rings is 1. The summed E-state index contributed by atoms with van der Waals surface area (Å²) in [6.07, 6.45) is 2.46. The number of amides is 1. The van der Waals surface area contributed by atoms with Gasteiger partial charge in [0.25, 0.3) is 5.91 Å². The molecule has 146 valence electrons. The molecule has 0 bridgehead atoms. The molecule has 0 radical (unpaired) electrons. The molecule has 0 saturated carbocycles. The van der Waals surface area contributed by atoms with Gasteiger partial charge in [-0.15, -0.1) is 0 Å². The number of aromatic nitrogens is 2. The van der Waals surface area contributed by atoms with E-state index < -0.39 is 0 Å². The number of fused-ring (bicyclic) bond motifs is 1. The molecular formula is C24H22ClN3O. The maximum Gasteiger partial charge on any atom is 0.270 e. The zero-order chi connectivity index (χ0) is 20.4. The first-order chi connectivity index (χ1) is 14.0. The Balaban J connectivity index is 1.50. The van der Waals surface area contributed by atoms with Gasteiger partial charge in [0.2, 0.25) is 0 Å². The van der Waals surface area contributed by atoms with Crippen molar-refractivity contribution in [2.75, 3.05) is 0 Å². The maximum atomic E-state index is 12.9. The predicted molar refractivity (Wildman–Crippen MR) is 117 cm³/mol. The SMILES string of the molecule is CCc1nc2cc(Cl)ccn2c1C(=O)NCc1ccc(-c2ccc(C)cc2)cc1. The highest BCUT2D eigenvalue weighted by atomic mass is 35.5. The number of hydrogen-bond donors (Lipinski definition) is 1. The Bertz CT molecular complexity index is 1160. The number of carbonyl (C=O) groups is 1. The summed E-state index contributed by atoms with van der Waals surface area (Å²) in [6, 6.07) is 20.2. The largest absolute Gasteiger partial charge is 0.347 e. The van der Waals surface area contributed by atoms with E-state index in [-0.39, 0.29) is 5.91 Å². The third kappa shape index (κ3) is 4.03. The van der Waals surface area contributed by atoms with Crippen LogP contribution >= 0.6 is 11.6 Å². The molecular weight excluding hydrogens is 382 g/mol. The van der Waals surface area contributed by atoms with Crippen molar-refractivity contribution in [2.45, 2.75) is 26.8 Å². The molecule has 0 unspecified atom stereocenters. The fourth-order valence-corrected chi connectivity index (χ4v) is 3.54. The number of aryl methyl sites for hydroxylation is 2. The molecule has 29 heavy (non-hydrogen) atoms. The highest BCUT2D eigenvalue weighted by Gasteiger charge is 2.18. The summed E-state index contributed by atoms with van der Waals surface area (Å²) in [5, 5.41) is 3.62. The Hall–Kier alpha value is -3.11. The van der Waals surface area contributed by atoms with E-state index in [1.165, 1.54) is 11.1 Å². The van der Waals surface area contributed by atoms with Gasteiger partial charge in [-0.1, -0.05) is 72.6 Å². The van der Waals surface area contributed by atoms with Crippen LogP contribution in [0.1, 0.15) is 34.2 Å². The standard InChI is InChI=1S/C24H22ClN3O/c1-3-21-23(28-13-12-20(25)14-22(28)27-21)24(29)26-15-17-6-10-19(11-7-17)18-8-4-16(2)5-9-18/h4-14H,3,15H2,1-2H3,(H,26,29). The van der Waals surface area contributed by atoms with Crippen LogP contribution in [0.3, 0.4) is 0 Å². The molecule has 0 spiro atoms. The molecule has 4 rings (SSSR count). The van der Waals surface area contributed by atoms with E-state index in [2.05, 4.69) is 53.6 Å². The highest BCUT2D eigenvalue weighted by Crippen LogP contribution is 2.21. The molecule has 1 N–H and O–H groups in total. The molecule has 0 atom stereocenters. The van der Waals surface area contributed by atoms with Crippen LogP contribution in [-0.2, 0) is 13.0 Å². The Morgan fingerprint density at radius 2 is 1.69 bits per heavy atom. The number of rotatable bonds is 5. The zero-order valence-corrected chi connectivity index (χ0v) is 17.2. The van der Waals surface area contributed by atoms with Crippen molar-refractivity contribution in [3.05, 3.63) is 94.4 Å². The fourth-order valence-electron chi connectivity index (χ4n) is 3.38. The van der Waals surface area contributed by atoms with Crippen LogP contribution < -0.4 is 5.32 Å². The average molecular weight is 404 g/mol. The lowest BCUT2D eigenvalue weighted by atomic mass is 10.0. The Morgan fingerprint density at radius 1 is 1.03 bits per heavy atom. The number of hydrogen-bond acceptors (Lipinski definition) is 2. The minimum Gasteiger partial charge on any atom is -0.347 e. The van der Waals surface area contributed by atoms with Gasteiger partial charge in [-0.25, -0.2) is 4.98 Å². The number of halogens is 1. The van der Waals surface area contributed by atoms with Gasteiger partial charge in [-0.2, -0.15) is 0 Å². The van der Waals surface area contributed by atoms with E-state index in [4.69, 9.17) is 11.6 Å². The summed E-state index contributed by atoms with van der Waals surface area (Å²) in [7, 11) is 0. The van der Waals surface area contributed by atoms with Crippen molar-refractivity contribution in [3.8, 4) is 11.1 Å². The predicted octanol–water partition coefficient (Wildman–Crippen LogP) is 5.46. The van der Waals surface area contributed by atoms with Crippen LogP contribution in [-0.4, -0.2) is 15.3 Å². The molecule has 2 aromatic carbocycles. The second-order valence-corrected chi connectivity index (χ2v) is 7.52. The van der Waals surface area contributed by atoms with Crippen LogP contribution in [0.5, 0.6) is 0 Å². The number of pyridine rings is 1. The summed E-state index contributed by atoms with van der Waals surface area (Å²) in [5.41, 5.74) is 6.64. The monoisotopic (exact) mass is 403 g/mol. The second-order valence-electron chi connectivity index (χ2n) is 7.08. The third-order valence-corrected chi connectivity index (χ3v) is 5.24. The van der Waals surface area contributed by atoms with Gasteiger partial charge in [0.05, 0.1) is 5.69 Å². The van der Waals surface area contributed by atoms with Crippen molar-refractivity contribution in [2.24, 2.45) is 0 Å². The molecule has 0 aliphatic heterocycles. The van der Waals surface area contributed by atoms with Gasteiger partial charge in [-0.3, -0.25) is 9.20 Å². The minimum atomic E-state index is -0.140. The van der Waals surface area contributed by atoms with Gasteiger partial charge in [-0.05, 0) is 36.1 Å². The zero-order valence-electron chi connectivity index (χ0n) is 16.4. The number of nitrogens with zero attached hydrogens (tertiary/aromatic N) is 2. The summed E-state index contributed by atoms with van der Waals surface area (Å²) < 4.78 is 1.79. The third-order valence-electron chi connectivity index (χ3n) is 5.00. The molecule has 2 aromatic heterocycles. The molecule has 4 aromatic rings. The lowest BCUT2D eigenvalue weighted by Gasteiger charge is -2.08. The topological polar surface area (TPSA) is 46.4 Å².